The van der Waals surface area contributed by atoms with E-state index < -0.39 is 30.4 Å². The average Bonchev–Trinajstić information content (AvgIpc) is 3.36. The number of amides is 10. The number of allylic oxidation sites excluding steroid dienone is 2. The largest absolute Gasteiger partial charge is 0.403 e. The quantitative estimate of drug-likeness (QED) is 0.0632. The molecule has 0 bridgehead atoms. The predicted molar refractivity (Wildman–Crippen MR) is 319 cm³/mol. The van der Waals surface area contributed by atoms with Gasteiger partial charge in [-0.25, -0.2) is 0 Å². The lowest BCUT2D eigenvalue weighted by Crippen LogP contribution is -2.45. The van der Waals surface area contributed by atoms with E-state index in [0.717, 1.165) is 49.3 Å². The van der Waals surface area contributed by atoms with Crippen LogP contribution < -0.4 is 59.7 Å². The third-order valence-corrected chi connectivity index (χ3v) is 7.62. The summed E-state index contributed by atoms with van der Waals surface area (Å²) in [5, 5.41) is 36.6. The molecule has 81 heavy (non-hydrogen) atoms. The van der Waals surface area contributed by atoms with Gasteiger partial charge in [0.05, 0.1) is 26.3 Å². The van der Waals surface area contributed by atoms with Gasteiger partial charge in [-0.1, -0.05) is 62.8 Å². The highest BCUT2D eigenvalue weighted by Crippen LogP contribution is 1.96. The first-order chi connectivity index (χ1) is 37.6. The number of benzene rings is 1. The fourth-order valence-electron chi connectivity index (χ4n) is 3.52. The van der Waals surface area contributed by atoms with Crippen LogP contribution in [0, 0.1) is 12.3 Å². The predicted octanol–water partition coefficient (Wildman–Crippen LogP) is -0.346. The smallest absolute Gasteiger partial charge is 0.242 e. The van der Waals surface area contributed by atoms with Gasteiger partial charge in [0.25, 0.3) is 0 Å². The molecule has 462 valence electrons. The molecule has 0 saturated carbocycles. The molecule has 0 fully saturated rings. The Hall–Kier alpha value is -8.41. The minimum atomic E-state index is -0.961. The van der Waals surface area contributed by atoms with Crippen LogP contribution >= 0.6 is 0 Å². The van der Waals surface area contributed by atoms with Crippen LogP contribution in [0.2, 0.25) is 0 Å². The molecule has 0 radical (unpaired) electrons. The molecule has 1 unspecified atom stereocenters. The number of hydrogen-bond acceptors (Lipinski definition) is 16. The summed E-state index contributed by atoms with van der Waals surface area (Å²) in [5.41, 5.74) is 18.3. The summed E-state index contributed by atoms with van der Waals surface area (Å²) in [5.74, 6) is 0.279. The van der Waals surface area contributed by atoms with Crippen LogP contribution in [-0.2, 0) is 61.0 Å². The summed E-state index contributed by atoms with van der Waals surface area (Å²) in [6.07, 6.45) is 10.4. The van der Waals surface area contributed by atoms with Crippen molar-refractivity contribution in [1.29, 1.82) is 0 Å². The molecule has 0 aliphatic rings. The maximum atomic E-state index is 10.5. The number of nitrogens with two attached hydrogens (primary N) is 3. The zero-order valence-corrected chi connectivity index (χ0v) is 50.8. The molecular weight excluding hydrogens is 1050 g/mol. The summed E-state index contributed by atoms with van der Waals surface area (Å²) < 4.78 is 0. The number of carbonyl (C=O) groups is 10. The van der Waals surface area contributed by atoms with Crippen molar-refractivity contribution in [2.45, 2.75) is 108 Å². The van der Waals surface area contributed by atoms with Gasteiger partial charge in [-0.2, -0.15) is 0 Å². The van der Waals surface area contributed by atoms with Gasteiger partial charge in [0.15, 0.2) is 0 Å². The number of carbonyl (C=O) groups excluding carboxylic acids is 10. The summed E-state index contributed by atoms with van der Waals surface area (Å²) >= 11 is 0. The number of unbranched alkanes of at least 4 members (excludes halogenated alkanes) is 1. The second-order valence-corrected chi connectivity index (χ2v) is 16.8. The van der Waals surface area contributed by atoms with Crippen molar-refractivity contribution >= 4 is 59.1 Å². The molecule has 0 saturated heterocycles. The Bertz CT molecular complexity index is 1980. The number of primary amides is 2. The monoisotopic (exact) mass is 1150 g/mol. The topological polar surface area (TPSA) is 405 Å². The molecule has 0 aliphatic carbocycles. The molecule has 2 aromatic rings. The first kappa shape index (κ1) is 89.2. The van der Waals surface area contributed by atoms with Crippen LogP contribution in [0.3, 0.4) is 0 Å². The molecule has 26 heteroatoms. The minimum absolute atomic E-state index is 0.00820. The van der Waals surface area contributed by atoms with Crippen molar-refractivity contribution in [1.82, 2.24) is 57.3 Å². The van der Waals surface area contributed by atoms with Gasteiger partial charge in [0.2, 0.25) is 59.1 Å². The first-order valence-corrected chi connectivity index (χ1v) is 25.1. The molecule has 10 amide bonds. The normalized spacial score (nSPS) is 8.95. The number of pyridine rings is 1. The average molecular weight is 1150 g/mol. The molecule has 1 atom stereocenters. The molecule has 0 spiro atoms. The number of hydrogen-bond donors (Lipinski definition) is 13. The maximum absolute atomic E-state index is 10.5. The summed E-state index contributed by atoms with van der Waals surface area (Å²) in [6.45, 7) is 28.1. The van der Waals surface area contributed by atoms with Gasteiger partial charge in [-0.3, -0.25) is 52.9 Å². The Labute approximate surface area is 482 Å². The van der Waals surface area contributed by atoms with Crippen LogP contribution in [0.25, 0.3) is 0 Å². The van der Waals surface area contributed by atoms with Crippen molar-refractivity contribution in [2.75, 3.05) is 80.7 Å². The van der Waals surface area contributed by atoms with E-state index in [1.807, 2.05) is 87.4 Å². The van der Waals surface area contributed by atoms with Crippen molar-refractivity contribution in [2.24, 2.45) is 17.2 Å². The Balaban J connectivity index is -0.000000123. The molecule has 26 nitrogen and oxygen atoms in total. The van der Waals surface area contributed by atoms with Gasteiger partial charge >= 0.3 is 0 Å². The maximum Gasteiger partial charge on any atom is 0.242 e. The van der Waals surface area contributed by atoms with Gasteiger partial charge in [-0.15, -0.1) is 6.42 Å². The van der Waals surface area contributed by atoms with E-state index >= 15 is 0 Å². The molecule has 1 aromatic heterocycles. The fraction of sp³-hybridized carbons (Fsp3) is 0.509. The second-order valence-electron chi connectivity index (χ2n) is 16.8. The molecular formula is C55H100N14O12. The highest BCUT2D eigenvalue weighted by atomic mass is 16.3. The van der Waals surface area contributed by atoms with Crippen molar-refractivity contribution in [3.8, 4) is 12.3 Å². The first-order valence-electron chi connectivity index (χ1n) is 25.1. The molecule has 0 aliphatic heterocycles. The number of terminal acetylenes is 1. The molecule has 16 N–H and O–H groups in total. The summed E-state index contributed by atoms with van der Waals surface area (Å²) in [6, 6.07) is 12.6. The second kappa shape index (κ2) is 65.9. The van der Waals surface area contributed by atoms with E-state index in [1.54, 1.807) is 19.3 Å². The Kier molecular flexibility index (Phi) is 72.5. The van der Waals surface area contributed by atoms with E-state index in [1.165, 1.54) is 55.4 Å². The Morgan fingerprint density at radius 3 is 1.22 bits per heavy atom. The van der Waals surface area contributed by atoms with Crippen molar-refractivity contribution < 1.29 is 58.2 Å². The van der Waals surface area contributed by atoms with Gasteiger partial charge in [0.1, 0.15) is 6.04 Å². The SMILES string of the molecule is C#CCNC(C)=O.C=C(C)N.C=C(C)N(C)C.CC(=O)NC(CO)C(N)=O.CC(=O)NCC(N)=O.CC(=O)NCCN(C)C.CC(=O)NCCO.CC(=O)NCc1ccccc1.CC(=O)NCc1ccncc1.CCCCNC(C)=O. The van der Waals surface area contributed by atoms with Gasteiger partial charge < -0.3 is 79.7 Å². The zero-order chi connectivity index (χ0) is 64.7. The lowest BCUT2D eigenvalue weighted by atomic mass is 10.2. The fourth-order valence-corrected chi connectivity index (χ4v) is 3.52. The lowest BCUT2D eigenvalue weighted by Gasteiger charge is -2.09. The number of aromatic nitrogens is 1. The van der Waals surface area contributed by atoms with E-state index in [-0.39, 0.29) is 54.5 Å². The van der Waals surface area contributed by atoms with Crippen LogP contribution in [0.15, 0.2) is 79.4 Å². The number of rotatable bonds is 19. The van der Waals surface area contributed by atoms with E-state index in [2.05, 4.69) is 79.3 Å². The Morgan fingerprint density at radius 2 is 0.975 bits per heavy atom. The van der Waals surface area contributed by atoms with Crippen LogP contribution in [0.4, 0.5) is 0 Å². The number of nitrogens with one attached hydrogen (secondary N) is 8. The highest BCUT2D eigenvalue weighted by Gasteiger charge is 2.13. The molecule has 1 aromatic carbocycles. The standard InChI is InChI=1S/C9H11NO.C8H10N2O.C6H14N2O.C6H13NO.C5H10N2O3.C5H7NO.C5H11N.C4H8N2O2.C4H9NO2.C3H7N/c1-8(11)10-7-9-5-3-2-4-6-9;1-7(11)10-6-8-2-4-9-5-3-8;1-6(9)7-4-5-8(2)3;1-3-4-5-7-6(2)8;1-3(9)7-4(2-8)5(6)10;1-3-4-6-5(2)7;1-5(2)6(3)4;1-3(7)6-2-4(5)8;1-4(7)5-2-3-6;1-3(2)4/h2-6H,7H2,1H3,(H,10,11);2-5H,6H2,1H3,(H,10,11);4-5H2,1-3H3,(H,7,9);3-5H2,1-2H3,(H,7,8);4,8H,2H2,1H3,(H2,6,10)(H,7,9);1H,4H2,2H3,(H,6,7);1H2,2-4H3;2H2,1H3,(H2,5,8)(H,6,7);6H,2-3H2,1H3,(H,5,7);1,4H2,2H3. The zero-order valence-electron chi connectivity index (χ0n) is 50.8. The molecule has 2 rings (SSSR count). The molecule has 1 heterocycles. The minimum Gasteiger partial charge on any atom is -0.403 e. The third-order valence-electron chi connectivity index (χ3n) is 7.62. The van der Waals surface area contributed by atoms with Crippen LogP contribution in [0.5, 0.6) is 0 Å². The van der Waals surface area contributed by atoms with Crippen LogP contribution in [-0.4, -0.2) is 171 Å². The van der Waals surface area contributed by atoms with Crippen molar-refractivity contribution in [3.63, 3.8) is 0 Å². The van der Waals surface area contributed by atoms with E-state index in [4.69, 9.17) is 28.1 Å². The summed E-state index contributed by atoms with van der Waals surface area (Å²) in [4.78, 5) is 110. The number of likely N-dealkylation sites (N-methyl/N-ethyl adjacent to an activating group) is 1. The van der Waals surface area contributed by atoms with E-state index in [0.29, 0.717) is 31.9 Å². The number of aliphatic hydroxyl groups excluding tert-OH is 2. The number of aliphatic hydroxyl groups is 2. The lowest BCUT2D eigenvalue weighted by molar-refractivity contribution is -0.127. The Morgan fingerprint density at radius 1 is 0.593 bits per heavy atom. The van der Waals surface area contributed by atoms with Crippen LogP contribution in [0.1, 0.15) is 100 Å². The van der Waals surface area contributed by atoms with Crippen molar-refractivity contribution in [3.05, 3.63) is 90.5 Å². The number of nitrogens with zero attached hydrogens (tertiary/aromatic N) is 3. The van der Waals surface area contributed by atoms with E-state index in [9.17, 15) is 47.9 Å². The highest BCUT2D eigenvalue weighted by molar-refractivity contribution is 5.85. The third kappa shape index (κ3) is 112. The summed E-state index contributed by atoms with van der Waals surface area (Å²) in [7, 11) is 7.90. The van der Waals surface area contributed by atoms with Gasteiger partial charge in [-0.05, 0) is 63.3 Å². The van der Waals surface area contributed by atoms with Gasteiger partial charge in [0, 0.05) is 127 Å².